The molecular formula is C14H23NO4S. The van der Waals surface area contributed by atoms with Crippen LogP contribution < -0.4 is 9.46 Å². The minimum Gasteiger partial charge on any atom is -0.492 e. The predicted molar refractivity (Wildman–Crippen MR) is 78.6 cm³/mol. The van der Waals surface area contributed by atoms with E-state index in [0.717, 1.165) is 5.56 Å². The Labute approximate surface area is 121 Å². The molecule has 6 heteroatoms. The summed E-state index contributed by atoms with van der Waals surface area (Å²) in [6.45, 7) is 7.54. The molecule has 5 nitrogen and oxygen atoms in total. The third-order valence-corrected chi connectivity index (χ3v) is 4.13. The second kappa shape index (κ2) is 8.24. The minimum absolute atomic E-state index is 0.191. The summed E-state index contributed by atoms with van der Waals surface area (Å²) in [5, 5.41) is 0. The molecule has 0 radical (unpaired) electrons. The van der Waals surface area contributed by atoms with E-state index in [4.69, 9.17) is 9.47 Å². The van der Waals surface area contributed by atoms with Gasteiger partial charge in [0, 0.05) is 19.8 Å². The van der Waals surface area contributed by atoms with Crippen molar-refractivity contribution in [1.29, 1.82) is 0 Å². The summed E-state index contributed by atoms with van der Waals surface area (Å²) in [5.41, 5.74) is 0.878. The van der Waals surface area contributed by atoms with Gasteiger partial charge in [-0.1, -0.05) is 6.07 Å². The Morgan fingerprint density at radius 2 is 1.95 bits per heavy atom. The fourth-order valence-corrected chi connectivity index (χ4v) is 3.00. The molecule has 0 spiro atoms. The fourth-order valence-electron chi connectivity index (χ4n) is 1.70. The second-order valence-corrected chi connectivity index (χ2v) is 6.07. The van der Waals surface area contributed by atoms with Crippen molar-refractivity contribution in [3.63, 3.8) is 0 Å². The zero-order chi connectivity index (χ0) is 15.0. The largest absolute Gasteiger partial charge is 0.492 e. The highest BCUT2D eigenvalue weighted by Crippen LogP contribution is 2.24. The molecule has 0 atom stereocenters. The highest BCUT2D eigenvalue weighted by Gasteiger charge is 2.19. The first-order chi connectivity index (χ1) is 9.51. The summed E-state index contributed by atoms with van der Waals surface area (Å²) >= 11 is 0. The maximum Gasteiger partial charge on any atom is 0.244 e. The molecule has 0 bridgehead atoms. The van der Waals surface area contributed by atoms with Crippen molar-refractivity contribution in [3.05, 3.63) is 23.8 Å². The lowest BCUT2D eigenvalue weighted by Gasteiger charge is -2.12. The van der Waals surface area contributed by atoms with Crippen LogP contribution in [0.5, 0.6) is 5.75 Å². The Balaban J connectivity index is 2.77. The summed E-state index contributed by atoms with van der Waals surface area (Å²) in [7, 11) is -3.55. The summed E-state index contributed by atoms with van der Waals surface area (Å²) in [5.74, 6) is 0.385. The van der Waals surface area contributed by atoms with Crippen molar-refractivity contribution in [1.82, 2.24) is 4.72 Å². The van der Waals surface area contributed by atoms with Gasteiger partial charge in [-0.25, -0.2) is 13.1 Å². The molecule has 0 aliphatic carbocycles. The van der Waals surface area contributed by atoms with E-state index < -0.39 is 10.0 Å². The van der Waals surface area contributed by atoms with Gasteiger partial charge in [-0.05, 0) is 44.9 Å². The van der Waals surface area contributed by atoms with E-state index in [9.17, 15) is 8.42 Å². The zero-order valence-electron chi connectivity index (χ0n) is 12.3. The predicted octanol–water partition coefficient (Wildman–Crippen LogP) is 2.10. The first-order valence-electron chi connectivity index (χ1n) is 6.82. The molecule has 1 aromatic carbocycles. The maximum atomic E-state index is 12.3. The number of benzene rings is 1. The molecule has 0 aliphatic rings. The molecule has 20 heavy (non-hydrogen) atoms. The van der Waals surface area contributed by atoms with E-state index in [-0.39, 0.29) is 4.90 Å². The Morgan fingerprint density at radius 3 is 2.60 bits per heavy atom. The number of sulfonamides is 1. The van der Waals surface area contributed by atoms with Crippen molar-refractivity contribution >= 4 is 10.0 Å². The van der Waals surface area contributed by atoms with Crippen molar-refractivity contribution in [3.8, 4) is 5.75 Å². The van der Waals surface area contributed by atoms with Gasteiger partial charge in [-0.3, -0.25) is 0 Å². The van der Waals surface area contributed by atoms with Gasteiger partial charge in [-0.2, -0.15) is 0 Å². The lowest BCUT2D eigenvalue weighted by molar-refractivity contribution is 0.146. The smallest absolute Gasteiger partial charge is 0.244 e. The van der Waals surface area contributed by atoms with Crippen LogP contribution in [0.1, 0.15) is 25.8 Å². The molecule has 0 aromatic heterocycles. The molecule has 0 saturated heterocycles. The summed E-state index contributed by atoms with van der Waals surface area (Å²) in [6.07, 6.45) is 0.642. The van der Waals surface area contributed by atoms with Crippen LogP contribution in [0.3, 0.4) is 0 Å². The van der Waals surface area contributed by atoms with Gasteiger partial charge in [0.25, 0.3) is 0 Å². The van der Waals surface area contributed by atoms with Crippen molar-refractivity contribution in [2.45, 2.75) is 32.1 Å². The third-order valence-electron chi connectivity index (χ3n) is 2.65. The first kappa shape index (κ1) is 16.9. The van der Waals surface area contributed by atoms with E-state index in [1.165, 1.54) is 0 Å². The normalized spacial score (nSPS) is 11.6. The van der Waals surface area contributed by atoms with Crippen LogP contribution in [0, 0.1) is 6.92 Å². The highest BCUT2D eigenvalue weighted by atomic mass is 32.2. The summed E-state index contributed by atoms with van der Waals surface area (Å²) in [6, 6.07) is 5.14. The van der Waals surface area contributed by atoms with Crippen LogP contribution in [0.25, 0.3) is 0 Å². The van der Waals surface area contributed by atoms with Crippen LogP contribution in [0.15, 0.2) is 23.1 Å². The van der Waals surface area contributed by atoms with Crippen LogP contribution in [-0.2, 0) is 14.8 Å². The molecule has 0 fully saturated rings. The number of hydrogen-bond acceptors (Lipinski definition) is 4. The Morgan fingerprint density at radius 1 is 1.20 bits per heavy atom. The minimum atomic E-state index is -3.55. The summed E-state index contributed by atoms with van der Waals surface area (Å²) < 4.78 is 37.7. The number of rotatable bonds is 9. The average Bonchev–Trinajstić information content (AvgIpc) is 2.40. The average molecular weight is 301 g/mol. The van der Waals surface area contributed by atoms with Crippen molar-refractivity contribution in [2.75, 3.05) is 26.4 Å². The number of ether oxygens (including phenoxy) is 2. The first-order valence-corrected chi connectivity index (χ1v) is 8.30. The Hall–Kier alpha value is -1.11. The SMILES string of the molecule is CCOCCCNS(=O)(=O)c1cc(C)ccc1OCC. The monoisotopic (exact) mass is 301 g/mol. The number of hydrogen-bond donors (Lipinski definition) is 1. The molecule has 0 unspecified atom stereocenters. The van der Waals surface area contributed by atoms with Crippen molar-refractivity contribution < 1.29 is 17.9 Å². The van der Waals surface area contributed by atoms with Crippen molar-refractivity contribution in [2.24, 2.45) is 0 Å². The number of nitrogens with one attached hydrogen (secondary N) is 1. The second-order valence-electron chi connectivity index (χ2n) is 4.33. The Kier molecular flexibility index (Phi) is 6.98. The molecular weight excluding hydrogens is 278 g/mol. The van der Waals surface area contributed by atoms with E-state index in [0.29, 0.717) is 38.5 Å². The van der Waals surface area contributed by atoms with Crippen LogP contribution in [-0.4, -0.2) is 34.8 Å². The van der Waals surface area contributed by atoms with Gasteiger partial charge in [0.2, 0.25) is 10.0 Å². The van der Waals surface area contributed by atoms with Gasteiger partial charge >= 0.3 is 0 Å². The lowest BCUT2D eigenvalue weighted by atomic mass is 10.2. The van der Waals surface area contributed by atoms with Crippen LogP contribution in [0.2, 0.25) is 0 Å². The topological polar surface area (TPSA) is 64.6 Å². The van der Waals surface area contributed by atoms with E-state index in [1.54, 1.807) is 12.1 Å². The quantitative estimate of drug-likeness (QED) is 0.709. The van der Waals surface area contributed by atoms with Crippen LogP contribution >= 0.6 is 0 Å². The highest BCUT2D eigenvalue weighted by molar-refractivity contribution is 7.89. The molecule has 1 aromatic rings. The number of aryl methyl sites for hydroxylation is 1. The molecule has 114 valence electrons. The lowest BCUT2D eigenvalue weighted by Crippen LogP contribution is -2.26. The molecule has 1 rings (SSSR count). The van der Waals surface area contributed by atoms with E-state index in [1.807, 2.05) is 26.8 Å². The van der Waals surface area contributed by atoms with Gasteiger partial charge in [0.1, 0.15) is 10.6 Å². The molecule has 1 N–H and O–H groups in total. The van der Waals surface area contributed by atoms with Crippen LogP contribution in [0.4, 0.5) is 0 Å². The van der Waals surface area contributed by atoms with Gasteiger partial charge in [0.05, 0.1) is 6.61 Å². The van der Waals surface area contributed by atoms with E-state index in [2.05, 4.69) is 4.72 Å². The third kappa shape index (κ3) is 5.11. The fraction of sp³-hybridized carbons (Fsp3) is 0.571. The van der Waals surface area contributed by atoms with Gasteiger partial charge in [-0.15, -0.1) is 0 Å². The Bertz CT molecular complexity index is 514. The molecule has 0 aliphatic heterocycles. The molecule has 0 heterocycles. The summed E-state index contributed by atoms with van der Waals surface area (Å²) in [4.78, 5) is 0.191. The maximum absolute atomic E-state index is 12.3. The van der Waals surface area contributed by atoms with E-state index >= 15 is 0 Å². The standard InChI is InChI=1S/C14H23NO4S/c1-4-18-10-6-9-15-20(16,17)14-11-12(3)7-8-13(14)19-5-2/h7-8,11,15H,4-6,9-10H2,1-3H3. The van der Waals surface area contributed by atoms with Gasteiger partial charge in [0.15, 0.2) is 0 Å². The zero-order valence-corrected chi connectivity index (χ0v) is 13.1. The van der Waals surface area contributed by atoms with Gasteiger partial charge < -0.3 is 9.47 Å². The molecule has 0 saturated carbocycles. The molecule has 0 amide bonds.